The highest BCUT2D eigenvalue weighted by Crippen LogP contribution is 2.28. The number of hydrogen-bond donors (Lipinski definition) is 1. The van der Waals surface area contributed by atoms with E-state index in [0.717, 1.165) is 26.1 Å². The summed E-state index contributed by atoms with van der Waals surface area (Å²) in [6, 6.07) is 9.51. The first-order valence-electron chi connectivity index (χ1n) is 8.03. The molecule has 20 heavy (non-hydrogen) atoms. The third-order valence-electron chi connectivity index (χ3n) is 4.26. The van der Waals surface area contributed by atoms with Gasteiger partial charge in [-0.2, -0.15) is 0 Å². The molecule has 0 radical (unpaired) electrons. The second kappa shape index (κ2) is 6.73. The monoisotopic (exact) mass is 274 g/mol. The molecule has 0 amide bonds. The van der Waals surface area contributed by atoms with Crippen molar-refractivity contribution in [2.45, 2.75) is 52.0 Å². The predicted molar refractivity (Wildman–Crippen MR) is 87.1 cm³/mol. The molecule has 0 aromatic heterocycles. The summed E-state index contributed by atoms with van der Waals surface area (Å²) in [7, 11) is 0. The van der Waals surface area contributed by atoms with Crippen molar-refractivity contribution >= 4 is 0 Å². The van der Waals surface area contributed by atoms with Crippen LogP contribution in [0.25, 0.3) is 0 Å². The Balaban J connectivity index is 2.06. The minimum absolute atomic E-state index is 0.317. The number of rotatable bonds is 4. The minimum Gasteiger partial charge on any atom is -0.327 e. The van der Waals surface area contributed by atoms with E-state index in [4.69, 9.17) is 5.73 Å². The Morgan fingerprint density at radius 1 is 1.10 bits per heavy atom. The molecule has 2 rings (SSSR count). The van der Waals surface area contributed by atoms with Crippen molar-refractivity contribution in [3.05, 3.63) is 35.4 Å². The maximum Gasteiger partial charge on any atom is 0.0174 e. The highest BCUT2D eigenvalue weighted by Gasteiger charge is 2.26. The quantitative estimate of drug-likeness (QED) is 0.909. The zero-order valence-corrected chi connectivity index (χ0v) is 13.5. The minimum atomic E-state index is 0.317. The van der Waals surface area contributed by atoms with Crippen LogP contribution in [0.4, 0.5) is 0 Å². The van der Waals surface area contributed by atoms with E-state index in [9.17, 15) is 0 Å². The van der Waals surface area contributed by atoms with Gasteiger partial charge in [-0.3, -0.25) is 0 Å². The summed E-state index contributed by atoms with van der Waals surface area (Å²) in [6.45, 7) is 12.4. The molecule has 2 nitrogen and oxygen atoms in total. The van der Waals surface area contributed by atoms with Crippen molar-refractivity contribution in [2.75, 3.05) is 19.6 Å². The fourth-order valence-electron chi connectivity index (χ4n) is 3.29. The number of nitrogens with two attached hydrogens (primary N) is 1. The van der Waals surface area contributed by atoms with Crippen LogP contribution in [-0.2, 0) is 0 Å². The topological polar surface area (TPSA) is 29.3 Å². The molecular formula is C18H30N2. The van der Waals surface area contributed by atoms with E-state index in [0.29, 0.717) is 23.8 Å². The van der Waals surface area contributed by atoms with Gasteiger partial charge in [0.2, 0.25) is 0 Å². The molecule has 2 heteroatoms. The molecule has 1 aliphatic rings. The maximum absolute atomic E-state index is 6.27. The van der Waals surface area contributed by atoms with Crippen LogP contribution in [0.2, 0.25) is 0 Å². The van der Waals surface area contributed by atoms with E-state index >= 15 is 0 Å². The molecule has 1 aromatic carbocycles. The van der Waals surface area contributed by atoms with E-state index < -0.39 is 0 Å². The standard InChI is InChI=1S/C18H30N2/c1-13(2)10-20-11-17(9-18(19)12-20)16-7-5-15(6-8-16)14(3)4/h5-8,13-14,17-18H,9-12,19H2,1-4H3. The van der Waals surface area contributed by atoms with Crippen LogP contribution in [0.1, 0.15) is 57.1 Å². The van der Waals surface area contributed by atoms with E-state index in [-0.39, 0.29) is 0 Å². The lowest BCUT2D eigenvalue weighted by Gasteiger charge is -2.37. The molecular weight excluding hydrogens is 244 g/mol. The van der Waals surface area contributed by atoms with Crippen LogP contribution in [0, 0.1) is 5.92 Å². The van der Waals surface area contributed by atoms with Gasteiger partial charge in [0.25, 0.3) is 0 Å². The number of nitrogens with zero attached hydrogens (tertiary/aromatic N) is 1. The van der Waals surface area contributed by atoms with Crippen LogP contribution >= 0.6 is 0 Å². The van der Waals surface area contributed by atoms with Crippen molar-refractivity contribution in [1.29, 1.82) is 0 Å². The third kappa shape index (κ3) is 4.07. The average molecular weight is 274 g/mol. The van der Waals surface area contributed by atoms with Gasteiger partial charge in [-0.15, -0.1) is 0 Å². The van der Waals surface area contributed by atoms with E-state index in [2.05, 4.69) is 56.9 Å². The molecule has 0 bridgehead atoms. The lowest BCUT2D eigenvalue weighted by molar-refractivity contribution is 0.171. The third-order valence-corrected chi connectivity index (χ3v) is 4.26. The van der Waals surface area contributed by atoms with Gasteiger partial charge < -0.3 is 10.6 Å². The van der Waals surface area contributed by atoms with Gasteiger partial charge in [0.1, 0.15) is 0 Å². The van der Waals surface area contributed by atoms with Gasteiger partial charge in [0.15, 0.2) is 0 Å². The molecule has 2 N–H and O–H groups in total. The van der Waals surface area contributed by atoms with E-state index in [1.807, 2.05) is 0 Å². The van der Waals surface area contributed by atoms with Gasteiger partial charge in [0, 0.05) is 25.7 Å². The molecule has 1 fully saturated rings. The number of piperidine rings is 1. The van der Waals surface area contributed by atoms with Crippen LogP contribution in [-0.4, -0.2) is 30.6 Å². The van der Waals surface area contributed by atoms with Crippen LogP contribution < -0.4 is 5.73 Å². The Morgan fingerprint density at radius 3 is 2.30 bits per heavy atom. The molecule has 0 saturated carbocycles. The van der Waals surface area contributed by atoms with Gasteiger partial charge >= 0.3 is 0 Å². The molecule has 2 unspecified atom stereocenters. The summed E-state index contributed by atoms with van der Waals surface area (Å²) in [5, 5.41) is 0. The highest BCUT2D eigenvalue weighted by atomic mass is 15.1. The molecule has 112 valence electrons. The Kier molecular flexibility index (Phi) is 5.22. The maximum atomic E-state index is 6.27. The number of hydrogen-bond acceptors (Lipinski definition) is 2. The second-order valence-electron chi connectivity index (χ2n) is 7.13. The van der Waals surface area contributed by atoms with Crippen LogP contribution in [0.3, 0.4) is 0 Å². The Morgan fingerprint density at radius 2 is 1.75 bits per heavy atom. The SMILES string of the molecule is CC(C)CN1CC(N)CC(c2ccc(C(C)C)cc2)C1. The summed E-state index contributed by atoms with van der Waals surface area (Å²) in [5.74, 6) is 1.91. The average Bonchev–Trinajstić information content (AvgIpc) is 2.37. The van der Waals surface area contributed by atoms with Crippen molar-refractivity contribution in [1.82, 2.24) is 4.90 Å². The number of likely N-dealkylation sites (tertiary alicyclic amines) is 1. The van der Waals surface area contributed by atoms with Crippen molar-refractivity contribution in [3.8, 4) is 0 Å². The first kappa shape index (κ1) is 15.5. The van der Waals surface area contributed by atoms with Gasteiger partial charge in [-0.1, -0.05) is 52.0 Å². The van der Waals surface area contributed by atoms with Gasteiger partial charge in [-0.25, -0.2) is 0 Å². The first-order chi connectivity index (χ1) is 9.45. The van der Waals surface area contributed by atoms with Crippen molar-refractivity contribution < 1.29 is 0 Å². The molecule has 2 atom stereocenters. The highest BCUT2D eigenvalue weighted by molar-refractivity contribution is 5.28. The second-order valence-corrected chi connectivity index (χ2v) is 7.13. The summed E-state index contributed by atoms with van der Waals surface area (Å²) >= 11 is 0. The Labute approximate surface area is 124 Å². The zero-order chi connectivity index (χ0) is 14.7. The zero-order valence-electron chi connectivity index (χ0n) is 13.5. The van der Waals surface area contributed by atoms with Gasteiger partial charge in [-0.05, 0) is 35.3 Å². The summed E-state index contributed by atoms with van der Waals surface area (Å²) in [5.41, 5.74) is 9.15. The molecule has 1 aliphatic heterocycles. The van der Waals surface area contributed by atoms with E-state index in [1.54, 1.807) is 0 Å². The van der Waals surface area contributed by atoms with Crippen LogP contribution in [0.5, 0.6) is 0 Å². The largest absolute Gasteiger partial charge is 0.327 e. The number of benzene rings is 1. The fourth-order valence-corrected chi connectivity index (χ4v) is 3.29. The van der Waals surface area contributed by atoms with Gasteiger partial charge in [0.05, 0.1) is 0 Å². The van der Waals surface area contributed by atoms with E-state index in [1.165, 1.54) is 11.1 Å². The predicted octanol–water partition coefficient (Wildman–Crippen LogP) is 3.58. The molecule has 1 aromatic rings. The molecule has 0 spiro atoms. The Bertz CT molecular complexity index is 406. The molecule has 0 aliphatic carbocycles. The Hall–Kier alpha value is -0.860. The lowest BCUT2D eigenvalue weighted by atomic mass is 9.87. The molecule has 1 saturated heterocycles. The fraction of sp³-hybridized carbons (Fsp3) is 0.667. The summed E-state index contributed by atoms with van der Waals surface area (Å²) in [6.07, 6.45) is 1.12. The summed E-state index contributed by atoms with van der Waals surface area (Å²) in [4.78, 5) is 2.54. The molecule has 1 heterocycles. The normalized spacial score (nSPS) is 24.6. The van der Waals surface area contributed by atoms with Crippen LogP contribution in [0.15, 0.2) is 24.3 Å². The van der Waals surface area contributed by atoms with Crippen molar-refractivity contribution in [2.24, 2.45) is 11.7 Å². The smallest absolute Gasteiger partial charge is 0.0174 e. The van der Waals surface area contributed by atoms with Crippen molar-refractivity contribution in [3.63, 3.8) is 0 Å². The lowest BCUT2D eigenvalue weighted by Crippen LogP contribution is -2.47. The first-order valence-corrected chi connectivity index (χ1v) is 8.03. The summed E-state index contributed by atoms with van der Waals surface area (Å²) < 4.78 is 0.